The summed E-state index contributed by atoms with van der Waals surface area (Å²) in [7, 11) is 0. The van der Waals surface area contributed by atoms with Gasteiger partial charge < -0.3 is 5.32 Å². The molecule has 9 heteroatoms. The first-order chi connectivity index (χ1) is 8.56. The monoisotopic (exact) mass is 330 g/mol. The van der Waals surface area contributed by atoms with E-state index in [2.05, 4.69) is 31.2 Å². The van der Waals surface area contributed by atoms with Gasteiger partial charge >= 0.3 is 5.69 Å². The highest BCUT2D eigenvalue weighted by Crippen LogP contribution is 2.09. The number of nitrogens with one attached hydrogen (secondary N) is 2. The predicted octanol–water partition coefficient (Wildman–Crippen LogP) is 0.394. The Morgan fingerprint density at radius 2 is 2.33 bits per heavy atom. The van der Waals surface area contributed by atoms with E-state index in [1.165, 1.54) is 17.5 Å². The molecule has 2 rings (SSSR count). The van der Waals surface area contributed by atoms with Crippen LogP contribution in [0.1, 0.15) is 0 Å². The second-order valence-corrected chi connectivity index (χ2v) is 5.00. The van der Waals surface area contributed by atoms with Crippen LogP contribution in [0, 0.1) is 0 Å². The van der Waals surface area contributed by atoms with E-state index in [0.29, 0.717) is 5.13 Å². The molecule has 0 aliphatic heterocycles. The molecule has 0 saturated heterocycles. The molecule has 0 fully saturated rings. The number of carbonyl (C=O) groups excluding carboxylic acids is 1. The molecule has 94 valence electrons. The van der Waals surface area contributed by atoms with Gasteiger partial charge in [0.1, 0.15) is 6.54 Å². The molecule has 2 aromatic rings. The normalized spacial score (nSPS) is 10.3. The topological polar surface area (TPSA) is 96.9 Å². The smallest absolute Gasteiger partial charge is 0.300 e. The number of hydrogen-bond donors (Lipinski definition) is 2. The van der Waals surface area contributed by atoms with Gasteiger partial charge in [-0.1, -0.05) is 0 Å². The van der Waals surface area contributed by atoms with Gasteiger partial charge in [0.25, 0.3) is 5.56 Å². The summed E-state index contributed by atoms with van der Waals surface area (Å²) in [6.07, 6.45) is 2.83. The molecule has 0 radical (unpaired) electrons. The zero-order valence-electron chi connectivity index (χ0n) is 8.84. The quantitative estimate of drug-likeness (QED) is 0.850. The maximum Gasteiger partial charge on any atom is 0.328 e. The summed E-state index contributed by atoms with van der Waals surface area (Å²) in [4.78, 5) is 40.1. The van der Waals surface area contributed by atoms with E-state index in [1.807, 2.05) is 0 Å². The maximum atomic E-state index is 11.6. The van der Waals surface area contributed by atoms with Gasteiger partial charge in [-0.2, -0.15) is 0 Å². The number of rotatable bonds is 3. The van der Waals surface area contributed by atoms with Crippen molar-refractivity contribution in [2.75, 3.05) is 5.32 Å². The Hall–Kier alpha value is -1.74. The summed E-state index contributed by atoms with van der Waals surface area (Å²) in [6, 6.07) is 0. The summed E-state index contributed by atoms with van der Waals surface area (Å²) < 4.78 is 1.28. The van der Waals surface area contributed by atoms with E-state index in [9.17, 15) is 14.4 Å². The summed E-state index contributed by atoms with van der Waals surface area (Å²) >= 11 is 4.26. The zero-order valence-corrected chi connectivity index (χ0v) is 11.2. The lowest BCUT2D eigenvalue weighted by Crippen LogP contribution is -2.33. The third kappa shape index (κ3) is 2.93. The Balaban J connectivity index is 2.14. The van der Waals surface area contributed by atoms with Gasteiger partial charge in [0, 0.05) is 17.8 Å². The van der Waals surface area contributed by atoms with Crippen LogP contribution in [-0.2, 0) is 11.3 Å². The van der Waals surface area contributed by atoms with Gasteiger partial charge in [0.2, 0.25) is 5.91 Å². The van der Waals surface area contributed by atoms with Crippen molar-refractivity contribution in [3.63, 3.8) is 0 Å². The number of amides is 1. The molecular formula is C9H7BrN4O3S. The SMILES string of the molecule is O=C(Cn1cc(Br)c(=O)[nH]c1=O)Nc1nccs1. The maximum absolute atomic E-state index is 11.6. The minimum atomic E-state index is -0.641. The van der Waals surface area contributed by atoms with Crippen molar-refractivity contribution in [3.05, 3.63) is 43.1 Å². The Labute approximate surface area is 113 Å². The average Bonchev–Trinajstić information content (AvgIpc) is 2.78. The van der Waals surface area contributed by atoms with Gasteiger partial charge in [-0.15, -0.1) is 11.3 Å². The Kier molecular flexibility index (Phi) is 3.72. The van der Waals surface area contributed by atoms with Gasteiger partial charge in [0.05, 0.1) is 4.47 Å². The predicted molar refractivity (Wildman–Crippen MR) is 69.8 cm³/mol. The minimum Gasteiger partial charge on any atom is -0.300 e. The Morgan fingerprint density at radius 3 is 3.00 bits per heavy atom. The van der Waals surface area contributed by atoms with Crippen molar-refractivity contribution in [3.8, 4) is 0 Å². The summed E-state index contributed by atoms with van der Waals surface area (Å²) in [5.41, 5.74) is -1.17. The number of anilines is 1. The lowest BCUT2D eigenvalue weighted by atomic mass is 10.5. The van der Waals surface area contributed by atoms with Gasteiger partial charge in [-0.25, -0.2) is 9.78 Å². The van der Waals surface area contributed by atoms with Gasteiger partial charge in [-0.05, 0) is 15.9 Å². The molecule has 0 aromatic carbocycles. The third-order valence-electron chi connectivity index (χ3n) is 1.96. The second-order valence-electron chi connectivity index (χ2n) is 3.25. The number of hydrogen-bond acceptors (Lipinski definition) is 5. The molecule has 7 nitrogen and oxygen atoms in total. The van der Waals surface area contributed by atoms with Crippen molar-refractivity contribution in [2.45, 2.75) is 6.54 Å². The van der Waals surface area contributed by atoms with Crippen LogP contribution in [0.2, 0.25) is 0 Å². The van der Waals surface area contributed by atoms with Crippen molar-refractivity contribution >= 4 is 38.3 Å². The molecule has 2 heterocycles. The van der Waals surface area contributed by atoms with Crippen LogP contribution in [0.5, 0.6) is 0 Å². The highest BCUT2D eigenvalue weighted by atomic mass is 79.9. The molecule has 0 aliphatic carbocycles. The van der Waals surface area contributed by atoms with Crippen LogP contribution in [-0.4, -0.2) is 20.4 Å². The summed E-state index contributed by atoms with van der Waals surface area (Å²) in [5, 5.41) is 4.71. The zero-order chi connectivity index (χ0) is 13.1. The number of H-pyrrole nitrogens is 1. The van der Waals surface area contributed by atoms with Gasteiger partial charge in [0.15, 0.2) is 5.13 Å². The third-order valence-corrected chi connectivity index (χ3v) is 3.21. The molecule has 2 aromatic heterocycles. The average molecular weight is 331 g/mol. The first kappa shape index (κ1) is 12.7. The van der Waals surface area contributed by atoms with E-state index >= 15 is 0 Å². The minimum absolute atomic E-state index is 0.184. The highest BCUT2D eigenvalue weighted by Gasteiger charge is 2.08. The second kappa shape index (κ2) is 5.27. The molecule has 1 amide bonds. The number of aromatic amines is 1. The molecule has 0 unspecified atom stereocenters. The molecule has 18 heavy (non-hydrogen) atoms. The van der Waals surface area contributed by atoms with Crippen LogP contribution in [0.3, 0.4) is 0 Å². The van der Waals surface area contributed by atoms with E-state index in [4.69, 9.17) is 0 Å². The highest BCUT2D eigenvalue weighted by molar-refractivity contribution is 9.10. The van der Waals surface area contributed by atoms with Crippen molar-refractivity contribution in [1.82, 2.24) is 14.5 Å². The standard InChI is InChI=1S/C9H7BrN4O3S/c10-5-3-14(9(17)13-7(5)16)4-6(15)12-8-11-1-2-18-8/h1-3H,4H2,(H,11,12,15)(H,13,16,17). The molecule has 0 spiro atoms. The Bertz CT molecular complexity index is 676. The van der Waals surface area contributed by atoms with Crippen LogP contribution >= 0.6 is 27.3 Å². The largest absolute Gasteiger partial charge is 0.328 e. The first-order valence-corrected chi connectivity index (χ1v) is 6.42. The van der Waals surface area contributed by atoms with E-state index in [-0.39, 0.29) is 11.0 Å². The summed E-state index contributed by atoms with van der Waals surface area (Å²) in [5.74, 6) is -0.397. The molecule has 0 atom stereocenters. The fourth-order valence-corrected chi connectivity index (χ4v) is 2.09. The van der Waals surface area contributed by atoms with Crippen LogP contribution in [0.25, 0.3) is 0 Å². The van der Waals surface area contributed by atoms with Crippen molar-refractivity contribution < 1.29 is 4.79 Å². The summed E-state index contributed by atoms with van der Waals surface area (Å²) in [6.45, 7) is -0.201. The number of thiazole rings is 1. The lowest BCUT2D eigenvalue weighted by molar-refractivity contribution is -0.116. The molecule has 0 aliphatic rings. The molecule has 0 saturated carbocycles. The van der Waals surface area contributed by atoms with Crippen LogP contribution < -0.4 is 16.6 Å². The molecule has 2 N–H and O–H groups in total. The lowest BCUT2D eigenvalue weighted by Gasteiger charge is -2.04. The fourth-order valence-electron chi connectivity index (χ4n) is 1.20. The fraction of sp³-hybridized carbons (Fsp3) is 0.111. The number of halogens is 1. The van der Waals surface area contributed by atoms with E-state index < -0.39 is 17.2 Å². The van der Waals surface area contributed by atoms with E-state index in [0.717, 1.165) is 4.57 Å². The van der Waals surface area contributed by atoms with Crippen molar-refractivity contribution in [1.29, 1.82) is 0 Å². The van der Waals surface area contributed by atoms with Crippen molar-refractivity contribution in [2.24, 2.45) is 0 Å². The number of nitrogens with zero attached hydrogens (tertiary/aromatic N) is 2. The number of carbonyl (C=O) groups is 1. The van der Waals surface area contributed by atoms with Crippen LogP contribution in [0.4, 0.5) is 5.13 Å². The van der Waals surface area contributed by atoms with Crippen LogP contribution in [0.15, 0.2) is 31.8 Å². The van der Waals surface area contributed by atoms with Gasteiger partial charge in [-0.3, -0.25) is 19.1 Å². The molecular weight excluding hydrogens is 324 g/mol. The van der Waals surface area contributed by atoms with E-state index in [1.54, 1.807) is 11.6 Å². The Morgan fingerprint density at radius 1 is 1.56 bits per heavy atom. The first-order valence-electron chi connectivity index (χ1n) is 4.75. The molecule has 0 bridgehead atoms. The number of aromatic nitrogens is 3.